The summed E-state index contributed by atoms with van der Waals surface area (Å²) in [6.45, 7) is 4.80. The summed E-state index contributed by atoms with van der Waals surface area (Å²) in [5.41, 5.74) is 1.45. The average molecular weight is 423 g/mol. The Kier molecular flexibility index (Phi) is 8.88. The molecule has 0 spiro atoms. The van der Waals surface area contributed by atoms with E-state index < -0.39 is 0 Å². The van der Waals surface area contributed by atoms with Gasteiger partial charge in [0, 0.05) is 25.2 Å². The molecule has 164 valence electrons. The quantitative estimate of drug-likeness (QED) is 0.573. The number of carbonyl (C=O) groups is 2. The summed E-state index contributed by atoms with van der Waals surface area (Å²) in [5.74, 6) is 1.08. The molecule has 0 radical (unpaired) electrons. The van der Waals surface area contributed by atoms with Gasteiger partial charge in [0.05, 0.1) is 14.2 Å². The Morgan fingerprint density at radius 1 is 0.806 bits per heavy atom. The molecule has 2 aromatic carbocycles. The van der Waals surface area contributed by atoms with E-state index in [0.29, 0.717) is 13.1 Å². The Morgan fingerprint density at radius 2 is 1.23 bits per heavy atom. The second-order valence-electron chi connectivity index (χ2n) is 7.82. The number of amides is 2. The maximum absolute atomic E-state index is 12.1. The van der Waals surface area contributed by atoms with Crippen LogP contribution in [0.15, 0.2) is 60.7 Å². The first kappa shape index (κ1) is 23.7. The number of ether oxygens (including phenoxy) is 2. The normalized spacial score (nSPS) is 11.5. The lowest BCUT2D eigenvalue weighted by molar-refractivity contribution is -0.116. The van der Waals surface area contributed by atoms with Gasteiger partial charge < -0.3 is 20.1 Å². The van der Waals surface area contributed by atoms with Gasteiger partial charge in [-0.1, -0.05) is 38.1 Å². The Labute approximate surface area is 184 Å². The van der Waals surface area contributed by atoms with Crippen molar-refractivity contribution >= 4 is 24.0 Å². The fourth-order valence-electron chi connectivity index (χ4n) is 2.67. The predicted molar refractivity (Wildman–Crippen MR) is 124 cm³/mol. The van der Waals surface area contributed by atoms with Gasteiger partial charge in [-0.25, -0.2) is 0 Å². The highest BCUT2D eigenvalue weighted by Gasteiger charge is 2.19. The summed E-state index contributed by atoms with van der Waals surface area (Å²) in [6.07, 6.45) is 6.44. The highest BCUT2D eigenvalue weighted by molar-refractivity contribution is 5.92. The van der Waals surface area contributed by atoms with Crippen molar-refractivity contribution in [2.75, 3.05) is 27.3 Å². The highest BCUT2D eigenvalue weighted by atomic mass is 16.5. The summed E-state index contributed by atoms with van der Waals surface area (Å²) in [6, 6.07) is 14.9. The first-order valence-corrected chi connectivity index (χ1v) is 10.0. The molecule has 0 unspecified atom stereocenters. The monoisotopic (exact) mass is 422 g/mol. The summed E-state index contributed by atoms with van der Waals surface area (Å²) in [7, 11) is 3.20. The second kappa shape index (κ2) is 11.6. The number of hydrogen-bond donors (Lipinski definition) is 2. The van der Waals surface area contributed by atoms with Crippen molar-refractivity contribution in [3.05, 3.63) is 71.8 Å². The van der Waals surface area contributed by atoms with E-state index in [1.165, 1.54) is 12.2 Å². The van der Waals surface area contributed by atoms with Crippen LogP contribution in [0.25, 0.3) is 12.2 Å². The molecule has 0 atom stereocenters. The largest absolute Gasteiger partial charge is 0.497 e. The van der Waals surface area contributed by atoms with Crippen molar-refractivity contribution in [3.8, 4) is 11.5 Å². The fraction of sp³-hybridized carbons (Fsp3) is 0.280. The topological polar surface area (TPSA) is 76.7 Å². The lowest BCUT2D eigenvalue weighted by Gasteiger charge is -2.24. The zero-order valence-corrected chi connectivity index (χ0v) is 18.5. The number of benzene rings is 2. The molecule has 2 aromatic rings. The van der Waals surface area contributed by atoms with Crippen LogP contribution in [0, 0.1) is 5.41 Å². The number of carbonyl (C=O) groups excluding carboxylic acids is 2. The first-order chi connectivity index (χ1) is 14.8. The molecule has 0 bridgehead atoms. The van der Waals surface area contributed by atoms with Crippen LogP contribution in [-0.4, -0.2) is 39.1 Å². The molecule has 0 fully saturated rings. The first-order valence-electron chi connectivity index (χ1n) is 10.0. The standard InChI is InChI=1S/C25H30N2O4/c1-25(2,17-26-23(28)13-11-19-7-5-9-21(15-19)30-3)18-27-24(29)14-12-20-8-6-10-22(16-20)31-4/h5-16H,17-18H2,1-4H3,(H,26,28)(H,27,29)/b13-11+,14-12+. The van der Waals surface area contributed by atoms with E-state index in [1.807, 2.05) is 62.4 Å². The second-order valence-corrected chi connectivity index (χ2v) is 7.82. The maximum atomic E-state index is 12.1. The molecule has 2 N–H and O–H groups in total. The molecule has 0 aliphatic rings. The van der Waals surface area contributed by atoms with E-state index in [9.17, 15) is 9.59 Å². The van der Waals surface area contributed by atoms with Crippen LogP contribution in [0.3, 0.4) is 0 Å². The Hall–Kier alpha value is -3.54. The molecular weight excluding hydrogens is 392 g/mol. The lowest BCUT2D eigenvalue weighted by Crippen LogP contribution is -2.41. The number of methoxy groups -OCH3 is 2. The predicted octanol–water partition coefficient (Wildman–Crippen LogP) is 3.69. The lowest BCUT2D eigenvalue weighted by atomic mass is 9.93. The van der Waals surface area contributed by atoms with Gasteiger partial charge in [-0.15, -0.1) is 0 Å². The average Bonchev–Trinajstić information content (AvgIpc) is 2.79. The van der Waals surface area contributed by atoms with Crippen molar-refractivity contribution in [1.29, 1.82) is 0 Å². The van der Waals surface area contributed by atoms with Gasteiger partial charge >= 0.3 is 0 Å². The summed E-state index contributed by atoms with van der Waals surface area (Å²) in [5, 5.41) is 5.75. The minimum atomic E-state index is -0.307. The van der Waals surface area contributed by atoms with Crippen molar-refractivity contribution in [2.24, 2.45) is 5.41 Å². The molecule has 6 heteroatoms. The van der Waals surface area contributed by atoms with E-state index in [-0.39, 0.29) is 17.2 Å². The summed E-state index contributed by atoms with van der Waals surface area (Å²) >= 11 is 0. The van der Waals surface area contributed by atoms with E-state index in [2.05, 4.69) is 10.6 Å². The van der Waals surface area contributed by atoms with Crippen LogP contribution >= 0.6 is 0 Å². The Morgan fingerprint density at radius 3 is 1.61 bits per heavy atom. The Balaban J connectivity index is 1.78. The van der Waals surface area contributed by atoms with Crippen LogP contribution in [0.5, 0.6) is 11.5 Å². The zero-order chi connectivity index (χ0) is 22.7. The summed E-state index contributed by atoms with van der Waals surface area (Å²) in [4.78, 5) is 24.3. The van der Waals surface area contributed by atoms with Crippen LogP contribution in [-0.2, 0) is 9.59 Å². The van der Waals surface area contributed by atoms with Crippen LogP contribution in [0.1, 0.15) is 25.0 Å². The minimum Gasteiger partial charge on any atom is -0.497 e. The van der Waals surface area contributed by atoms with Crippen LogP contribution in [0.2, 0.25) is 0 Å². The molecule has 0 aliphatic heterocycles. The van der Waals surface area contributed by atoms with Crippen molar-refractivity contribution in [1.82, 2.24) is 10.6 Å². The highest BCUT2D eigenvalue weighted by Crippen LogP contribution is 2.15. The molecule has 0 aromatic heterocycles. The van der Waals surface area contributed by atoms with Gasteiger partial charge in [-0.2, -0.15) is 0 Å². The third kappa shape index (κ3) is 8.78. The molecule has 6 nitrogen and oxygen atoms in total. The van der Waals surface area contributed by atoms with E-state index in [1.54, 1.807) is 26.4 Å². The van der Waals surface area contributed by atoms with E-state index >= 15 is 0 Å². The van der Waals surface area contributed by atoms with Crippen LogP contribution < -0.4 is 20.1 Å². The van der Waals surface area contributed by atoms with Gasteiger partial charge in [-0.3, -0.25) is 9.59 Å². The van der Waals surface area contributed by atoms with Gasteiger partial charge in [0.25, 0.3) is 0 Å². The van der Waals surface area contributed by atoms with Crippen molar-refractivity contribution < 1.29 is 19.1 Å². The third-order valence-electron chi connectivity index (χ3n) is 4.52. The van der Waals surface area contributed by atoms with E-state index in [0.717, 1.165) is 22.6 Å². The Bertz CT molecular complexity index is 873. The molecule has 2 rings (SSSR count). The molecule has 2 amide bonds. The number of rotatable bonds is 10. The number of hydrogen-bond acceptors (Lipinski definition) is 4. The van der Waals surface area contributed by atoms with Gasteiger partial charge in [0.15, 0.2) is 0 Å². The fourth-order valence-corrected chi connectivity index (χ4v) is 2.67. The van der Waals surface area contributed by atoms with Crippen molar-refractivity contribution in [2.45, 2.75) is 13.8 Å². The third-order valence-corrected chi connectivity index (χ3v) is 4.52. The van der Waals surface area contributed by atoms with Gasteiger partial charge in [0.2, 0.25) is 11.8 Å². The molecule has 0 heterocycles. The van der Waals surface area contributed by atoms with Crippen LogP contribution in [0.4, 0.5) is 0 Å². The number of nitrogens with one attached hydrogen (secondary N) is 2. The molecular formula is C25H30N2O4. The van der Waals surface area contributed by atoms with E-state index in [4.69, 9.17) is 9.47 Å². The molecule has 0 saturated heterocycles. The zero-order valence-electron chi connectivity index (χ0n) is 18.5. The molecule has 0 saturated carbocycles. The SMILES string of the molecule is COc1cccc(/C=C/C(=O)NCC(C)(C)CNC(=O)/C=C/c2cccc(OC)c2)c1. The molecule has 31 heavy (non-hydrogen) atoms. The van der Waals surface area contributed by atoms with Gasteiger partial charge in [-0.05, 0) is 53.0 Å². The van der Waals surface area contributed by atoms with Crippen molar-refractivity contribution in [3.63, 3.8) is 0 Å². The minimum absolute atomic E-state index is 0.194. The van der Waals surface area contributed by atoms with Gasteiger partial charge in [0.1, 0.15) is 11.5 Å². The molecule has 0 aliphatic carbocycles. The summed E-state index contributed by atoms with van der Waals surface area (Å²) < 4.78 is 10.3. The smallest absolute Gasteiger partial charge is 0.244 e. The maximum Gasteiger partial charge on any atom is 0.244 e.